The van der Waals surface area contributed by atoms with Crippen LogP contribution in [0.5, 0.6) is 0 Å². The number of pyridine rings is 1. The number of aromatic nitrogens is 4. The summed E-state index contributed by atoms with van der Waals surface area (Å²) in [7, 11) is 2.18. The molecule has 1 fully saturated rings. The minimum absolute atomic E-state index is 0.472. The molecule has 0 bridgehead atoms. The Bertz CT molecular complexity index is 993. The fourth-order valence-corrected chi connectivity index (χ4v) is 3.64. The average molecular weight is 363 g/mol. The maximum atomic E-state index is 9.87. The number of likely N-dealkylation sites (tertiary alicyclic amines) is 1. The monoisotopic (exact) mass is 363 g/mol. The van der Waals surface area contributed by atoms with Gasteiger partial charge in [-0.25, -0.2) is 4.98 Å². The molecule has 0 spiro atoms. The van der Waals surface area contributed by atoms with Crippen LogP contribution >= 0.6 is 0 Å². The summed E-state index contributed by atoms with van der Waals surface area (Å²) in [5.41, 5.74) is 2.93. The van der Waals surface area contributed by atoms with E-state index in [1.165, 1.54) is 0 Å². The second kappa shape index (κ2) is 6.84. The third-order valence-corrected chi connectivity index (χ3v) is 5.11. The quantitative estimate of drug-likeness (QED) is 0.687. The molecule has 27 heavy (non-hydrogen) atoms. The van der Waals surface area contributed by atoms with Gasteiger partial charge in [-0.05, 0) is 58.8 Å². The summed E-state index contributed by atoms with van der Waals surface area (Å²) in [5.74, 6) is 5.84. The van der Waals surface area contributed by atoms with Gasteiger partial charge in [0.15, 0.2) is 0 Å². The lowest BCUT2D eigenvalue weighted by atomic mass is 10.1. The van der Waals surface area contributed by atoms with Crippen LogP contribution in [-0.2, 0) is 0 Å². The summed E-state index contributed by atoms with van der Waals surface area (Å²) in [6.07, 6.45) is 10.1. The normalized spacial score (nSPS) is 16.4. The van der Waals surface area contributed by atoms with Gasteiger partial charge in [-0.1, -0.05) is 5.92 Å². The van der Waals surface area contributed by atoms with E-state index in [4.69, 9.17) is 0 Å². The van der Waals surface area contributed by atoms with E-state index >= 15 is 0 Å². The molecule has 0 atom stereocenters. The molecule has 3 aromatic heterocycles. The Kier molecular flexibility index (Phi) is 4.50. The lowest BCUT2D eigenvalue weighted by Crippen LogP contribution is -2.31. The van der Waals surface area contributed by atoms with Crippen LogP contribution in [0, 0.1) is 11.8 Å². The van der Waals surface area contributed by atoms with Gasteiger partial charge in [0.05, 0.1) is 17.9 Å². The predicted octanol–water partition coefficient (Wildman–Crippen LogP) is 2.82. The van der Waals surface area contributed by atoms with Crippen LogP contribution in [-0.4, -0.2) is 55.5 Å². The van der Waals surface area contributed by atoms with Gasteiger partial charge in [0.25, 0.3) is 0 Å². The summed E-state index contributed by atoms with van der Waals surface area (Å²) in [4.78, 5) is 6.91. The molecule has 0 aromatic carbocycles. The first-order valence-electron chi connectivity index (χ1n) is 9.34. The molecule has 140 valence electrons. The van der Waals surface area contributed by atoms with Gasteiger partial charge in [-0.2, -0.15) is 5.10 Å². The van der Waals surface area contributed by atoms with Gasteiger partial charge >= 0.3 is 0 Å². The molecule has 6 heteroatoms. The molecule has 1 aliphatic heterocycles. The molecule has 4 rings (SSSR count). The maximum absolute atomic E-state index is 9.87. The van der Waals surface area contributed by atoms with Gasteiger partial charge in [0.1, 0.15) is 11.3 Å². The van der Waals surface area contributed by atoms with Gasteiger partial charge in [-0.15, -0.1) is 0 Å². The minimum Gasteiger partial charge on any atom is -0.378 e. The number of aliphatic hydroxyl groups is 1. The van der Waals surface area contributed by atoms with Crippen molar-refractivity contribution >= 4 is 10.9 Å². The number of aromatic amines is 1. The Morgan fingerprint density at radius 2 is 2.04 bits per heavy atom. The average Bonchev–Trinajstić information content (AvgIpc) is 3.27. The molecule has 0 unspecified atom stereocenters. The van der Waals surface area contributed by atoms with E-state index in [1.54, 1.807) is 13.8 Å². The zero-order valence-corrected chi connectivity index (χ0v) is 16.0. The molecule has 0 aliphatic carbocycles. The molecule has 3 aromatic rings. The third kappa shape index (κ3) is 3.75. The Balaban J connectivity index is 1.82. The Morgan fingerprint density at radius 1 is 1.26 bits per heavy atom. The fraction of sp³-hybridized carbons (Fsp3) is 0.429. The molecule has 0 radical (unpaired) electrons. The highest BCUT2D eigenvalue weighted by atomic mass is 16.3. The summed E-state index contributed by atoms with van der Waals surface area (Å²) in [6.45, 7) is 5.56. The second-order valence-electron chi connectivity index (χ2n) is 7.87. The SMILES string of the molecule is CN1CCC(n2cc(-c3cn[nH]c3)c3cc(C#CC(C)(C)O)ncc32)CC1. The van der Waals surface area contributed by atoms with Crippen molar-refractivity contribution in [2.75, 3.05) is 20.1 Å². The molecule has 6 nitrogen and oxygen atoms in total. The van der Waals surface area contributed by atoms with Crippen LogP contribution in [0.4, 0.5) is 0 Å². The number of nitrogens with one attached hydrogen (secondary N) is 1. The largest absolute Gasteiger partial charge is 0.378 e. The van der Waals surface area contributed by atoms with Crippen molar-refractivity contribution in [3.8, 4) is 23.0 Å². The standard InChI is InChI=1S/C21H25N5O/c1-21(2,27)7-4-16-10-18-19(15-11-23-24-12-15)14-26(20(18)13-22-16)17-5-8-25(3)9-6-17/h10-14,17,27H,5-6,8-9H2,1-3H3,(H,23,24). The number of fused-ring (bicyclic) bond motifs is 1. The lowest BCUT2D eigenvalue weighted by molar-refractivity contribution is 0.143. The molecule has 1 aliphatic rings. The molecule has 1 saturated heterocycles. The Morgan fingerprint density at radius 3 is 2.70 bits per heavy atom. The van der Waals surface area contributed by atoms with Gasteiger partial charge in [0.2, 0.25) is 0 Å². The van der Waals surface area contributed by atoms with Crippen molar-refractivity contribution in [3.05, 3.63) is 36.5 Å². The third-order valence-electron chi connectivity index (χ3n) is 5.11. The number of hydrogen-bond donors (Lipinski definition) is 2. The van der Waals surface area contributed by atoms with E-state index in [9.17, 15) is 5.11 Å². The van der Waals surface area contributed by atoms with Crippen LogP contribution < -0.4 is 0 Å². The van der Waals surface area contributed by atoms with Gasteiger partial charge < -0.3 is 14.6 Å². The molecule has 4 heterocycles. The molecule has 2 N–H and O–H groups in total. The summed E-state index contributed by atoms with van der Waals surface area (Å²) < 4.78 is 2.37. The van der Waals surface area contributed by atoms with Crippen molar-refractivity contribution in [2.24, 2.45) is 0 Å². The molecule has 0 amide bonds. The molecular weight excluding hydrogens is 338 g/mol. The summed E-state index contributed by atoms with van der Waals surface area (Å²) in [5, 5.41) is 18.0. The number of rotatable bonds is 2. The predicted molar refractivity (Wildman–Crippen MR) is 106 cm³/mol. The van der Waals surface area contributed by atoms with Crippen molar-refractivity contribution in [3.63, 3.8) is 0 Å². The van der Waals surface area contributed by atoms with E-state index in [-0.39, 0.29) is 0 Å². The summed E-state index contributed by atoms with van der Waals surface area (Å²) >= 11 is 0. The van der Waals surface area contributed by atoms with Crippen LogP contribution in [0.2, 0.25) is 0 Å². The lowest BCUT2D eigenvalue weighted by Gasteiger charge is -2.30. The topological polar surface area (TPSA) is 70.0 Å². The van der Waals surface area contributed by atoms with Gasteiger partial charge in [0, 0.05) is 34.9 Å². The number of H-pyrrole nitrogens is 1. The maximum Gasteiger partial charge on any atom is 0.120 e. The molecule has 0 saturated carbocycles. The van der Waals surface area contributed by atoms with E-state index in [2.05, 4.69) is 49.7 Å². The highest BCUT2D eigenvalue weighted by molar-refractivity contribution is 5.96. The zero-order chi connectivity index (χ0) is 19.0. The van der Waals surface area contributed by atoms with E-state index in [0.29, 0.717) is 11.7 Å². The smallest absolute Gasteiger partial charge is 0.120 e. The van der Waals surface area contributed by atoms with E-state index in [0.717, 1.165) is 48.0 Å². The first-order valence-corrected chi connectivity index (χ1v) is 9.34. The van der Waals surface area contributed by atoms with Crippen molar-refractivity contribution in [2.45, 2.75) is 38.3 Å². The van der Waals surface area contributed by atoms with Crippen LogP contribution in [0.1, 0.15) is 38.4 Å². The number of nitrogens with zero attached hydrogens (tertiary/aromatic N) is 4. The fourth-order valence-electron chi connectivity index (χ4n) is 3.64. The van der Waals surface area contributed by atoms with E-state index in [1.807, 2.05) is 24.7 Å². The Hall–Kier alpha value is -2.62. The first-order chi connectivity index (χ1) is 12.9. The van der Waals surface area contributed by atoms with Crippen LogP contribution in [0.25, 0.3) is 22.0 Å². The highest BCUT2D eigenvalue weighted by Crippen LogP contribution is 2.34. The van der Waals surface area contributed by atoms with Gasteiger partial charge in [-0.3, -0.25) is 5.10 Å². The first kappa shape index (κ1) is 17.8. The number of hydrogen-bond acceptors (Lipinski definition) is 4. The van der Waals surface area contributed by atoms with Crippen LogP contribution in [0.3, 0.4) is 0 Å². The zero-order valence-electron chi connectivity index (χ0n) is 16.0. The second-order valence-corrected chi connectivity index (χ2v) is 7.87. The minimum atomic E-state index is -1.04. The van der Waals surface area contributed by atoms with Crippen molar-refractivity contribution in [1.82, 2.24) is 24.6 Å². The highest BCUT2D eigenvalue weighted by Gasteiger charge is 2.22. The Labute approximate surface area is 159 Å². The van der Waals surface area contributed by atoms with Crippen molar-refractivity contribution < 1.29 is 5.11 Å². The number of piperidine rings is 1. The van der Waals surface area contributed by atoms with E-state index < -0.39 is 5.60 Å². The molecular formula is C21H25N5O. The summed E-state index contributed by atoms with van der Waals surface area (Å²) in [6, 6.07) is 2.49. The van der Waals surface area contributed by atoms with Crippen LogP contribution in [0.15, 0.2) is 30.9 Å². The van der Waals surface area contributed by atoms with Crippen molar-refractivity contribution in [1.29, 1.82) is 0 Å².